The molecule has 0 saturated carbocycles. The molecule has 0 spiro atoms. The van der Waals surface area contributed by atoms with Gasteiger partial charge in [0.2, 0.25) is 0 Å². The van der Waals surface area contributed by atoms with E-state index >= 15 is 0 Å². The lowest BCUT2D eigenvalue weighted by Crippen LogP contribution is -2.52. The predicted octanol–water partition coefficient (Wildman–Crippen LogP) is 4.97. The predicted molar refractivity (Wildman–Crippen MR) is 157 cm³/mol. The van der Waals surface area contributed by atoms with Crippen molar-refractivity contribution in [2.45, 2.75) is 92.4 Å². The summed E-state index contributed by atoms with van der Waals surface area (Å²) in [6.07, 6.45) is 2.08. The van der Waals surface area contributed by atoms with E-state index in [1.165, 1.54) is 11.1 Å². The van der Waals surface area contributed by atoms with Gasteiger partial charge in [-0.1, -0.05) is 45.0 Å². The van der Waals surface area contributed by atoms with Crippen LogP contribution in [0.15, 0.2) is 24.3 Å². The number of rotatable bonds is 9. The van der Waals surface area contributed by atoms with E-state index in [4.69, 9.17) is 9.47 Å². The van der Waals surface area contributed by atoms with Gasteiger partial charge in [-0.05, 0) is 78.6 Å². The molecule has 0 radical (unpaired) electrons. The molecule has 0 N–H and O–H groups in total. The van der Waals surface area contributed by atoms with E-state index in [1.807, 2.05) is 0 Å². The SMILES string of the molecule is CCc1ccc(CC2CN(COC(C)(C)C)CCN(CC)CCN(CC)CCN2COC(C)(C)C)cc1. The zero-order valence-corrected chi connectivity index (χ0v) is 25.7. The lowest BCUT2D eigenvalue weighted by atomic mass is 10.0. The maximum absolute atomic E-state index is 6.40. The summed E-state index contributed by atoms with van der Waals surface area (Å²) in [5, 5.41) is 0. The Balaban J connectivity index is 2.36. The van der Waals surface area contributed by atoms with Crippen LogP contribution in [0.5, 0.6) is 0 Å². The smallest absolute Gasteiger partial charge is 0.100 e. The van der Waals surface area contributed by atoms with Crippen LogP contribution in [0.2, 0.25) is 0 Å². The summed E-state index contributed by atoms with van der Waals surface area (Å²) in [5.74, 6) is 0. The summed E-state index contributed by atoms with van der Waals surface area (Å²) in [6.45, 7) is 30.5. The highest BCUT2D eigenvalue weighted by molar-refractivity contribution is 5.23. The van der Waals surface area contributed by atoms with Gasteiger partial charge in [0.15, 0.2) is 0 Å². The molecule has 1 saturated heterocycles. The third kappa shape index (κ3) is 13.1. The van der Waals surface area contributed by atoms with Crippen LogP contribution >= 0.6 is 0 Å². The van der Waals surface area contributed by atoms with Gasteiger partial charge in [-0.25, -0.2) is 0 Å². The Kier molecular flexibility index (Phi) is 13.5. The van der Waals surface area contributed by atoms with Gasteiger partial charge in [0, 0.05) is 51.9 Å². The molecule has 1 unspecified atom stereocenters. The number of benzene rings is 1. The van der Waals surface area contributed by atoms with Gasteiger partial charge in [0.1, 0.15) is 6.73 Å². The van der Waals surface area contributed by atoms with Gasteiger partial charge in [-0.15, -0.1) is 0 Å². The first-order chi connectivity index (χ1) is 17.4. The fraction of sp³-hybridized carbons (Fsp3) is 0.806. The summed E-state index contributed by atoms with van der Waals surface area (Å²) in [6, 6.07) is 9.57. The summed E-state index contributed by atoms with van der Waals surface area (Å²) < 4.78 is 12.7. The molecule has 214 valence electrons. The molecular formula is C31H58N4O2. The minimum absolute atomic E-state index is 0.156. The Hall–Kier alpha value is -1.02. The molecule has 6 heteroatoms. The van der Waals surface area contributed by atoms with E-state index in [0.29, 0.717) is 19.5 Å². The molecule has 0 aromatic heterocycles. The number of hydrogen-bond donors (Lipinski definition) is 0. The second-order valence-electron chi connectivity index (χ2n) is 12.6. The molecule has 6 nitrogen and oxygen atoms in total. The van der Waals surface area contributed by atoms with E-state index < -0.39 is 0 Å². The van der Waals surface area contributed by atoms with Crippen LogP contribution in [0.3, 0.4) is 0 Å². The average Bonchev–Trinajstić information content (AvgIpc) is 2.83. The van der Waals surface area contributed by atoms with E-state index in [-0.39, 0.29) is 11.2 Å². The minimum Gasteiger partial charge on any atom is -0.360 e. The Labute approximate surface area is 229 Å². The van der Waals surface area contributed by atoms with Crippen LogP contribution in [-0.2, 0) is 22.3 Å². The summed E-state index contributed by atoms with van der Waals surface area (Å²) in [4.78, 5) is 10.3. The summed E-state index contributed by atoms with van der Waals surface area (Å²) >= 11 is 0. The molecule has 2 rings (SSSR count). The third-order valence-corrected chi connectivity index (χ3v) is 7.29. The van der Waals surface area contributed by atoms with Crippen LogP contribution < -0.4 is 0 Å². The van der Waals surface area contributed by atoms with E-state index in [2.05, 4.69) is 106 Å². The molecule has 0 aliphatic carbocycles. The molecule has 1 aromatic rings. The van der Waals surface area contributed by atoms with Gasteiger partial charge in [0.05, 0.1) is 17.9 Å². The van der Waals surface area contributed by atoms with Crippen molar-refractivity contribution in [1.29, 1.82) is 0 Å². The highest BCUT2D eigenvalue weighted by atomic mass is 16.5. The standard InChI is InChI=1S/C31H58N4O2/c1-10-27-13-15-28(16-14-27)23-29-24-34(25-36-30(4,5)6)20-19-32(11-2)17-18-33(12-3)21-22-35(29)26-37-31(7,8)9/h13-16,29H,10-12,17-26H2,1-9H3. The first kappa shape index (κ1) is 32.2. The molecule has 37 heavy (non-hydrogen) atoms. The average molecular weight is 519 g/mol. The number of likely N-dealkylation sites (N-methyl/N-ethyl adjacent to an activating group) is 2. The molecular weight excluding hydrogens is 460 g/mol. The van der Waals surface area contributed by atoms with Crippen molar-refractivity contribution in [3.8, 4) is 0 Å². The Morgan fingerprint density at radius 2 is 1.11 bits per heavy atom. The van der Waals surface area contributed by atoms with Crippen molar-refractivity contribution in [2.24, 2.45) is 0 Å². The molecule has 1 atom stereocenters. The van der Waals surface area contributed by atoms with Crippen molar-refractivity contribution >= 4 is 0 Å². The maximum Gasteiger partial charge on any atom is 0.100 e. The Morgan fingerprint density at radius 1 is 0.649 bits per heavy atom. The molecule has 1 aromatic carbocycles. The topological polar surface area (TPSA) is 31.4 Å². The number of aryl methyl sites for hydroxylation is 1. The number of ether oxygens (including phenoxy) is 2. The highest BCUT2D eigenvalue weighted by Gasteiger charge is 2.26. The Morgan fingerprint density at radius 3 is 1.59 bits per heavy atom. The van der Waals surface area contributed by atoms with Gasteiger partial charge >= 0.3 is 0 Å². The second-order valence-corrected chi connectivity index (χ2v) is 12.6. The largest absolute Gasteiger partial charge is 0.360 e. The van der Waals surface area contributed by atoms with Crippen LogP contribution in [-0.4, -0.2) is 109 Å². The first-order valence-electron chi connectivity index (χ1n) is 14.7. The van der Waals surface area contributed by atoms with Gasteiger partial charge < -0.3 is 19.3 Å². The van der Waals surface area contributed by atoms with Crippen molar-refractivity contribution in [3.05, 3.63) is 35.4 Å². The number of hydrogen-bond acceptors (Lipinski definition) is 6. The zero-order valence-electron chi connectivity index (χ0n) is 25.7. The number of nitrogens with zero attached hydrogens (tertiary/aromatic N) is 4. The molecule has 1 aliphatic heterocycles. The monoisotopic (exact) mass is 518 g/mol. The first-order valence-corrected chi connectivity index (χ1v) is 14.7. The fourth-order valence-electron chi connectivity index (χ4n) is 4.60. The van der Waals surface area contributed by atoms with Crippen molar-refractivity contribution in [2.75, 3.05) is 72.4 Å². The summed E-state index contributed by atoms with van der Waals surface area (Å²) in [7, 11) is 0. The van der Waals surface area contributed by atoms with Gasteiger partial charge in [-0.2, -0.15) is 0 Å². The minimum atomic E-state index is -0.169. The molecule has 1 heterocycles. The Bertz CT molecular complexity index is 741. The van der Waals surface area contributed by atoms with Crippen molar-refractivity contribution in [1.82, 2.24) is 19.6 Å². The van der Waals surface area contributed by atoms with Crippen LogP contribution in [0.25, 0.3) is 0 Å². The second kappa shape index (κ2) is 15.5. The maximum atomic E-state index is 6.40. The van der Waals surface area contributed by atoms with Crippen molar-refractivity contribution in [3.63, 3.8) is 0 Å². The lowest BCUT2D eigenvalue weighted by molar-refractivity contribution is -0.0964. The van der Waals surface area contributed by atoms with E-state index in [0.717, 1.165) is 71.7 Å². The van der Waals surface area contributed by atoms with Crippen LogP contribution in [0.1, 0.15) is 73.4 Å². The van der Waals surface area contributed by atoms with Crippen molar-refractivity contribution < 1.29 is 9.47 Å². The lowest BCUT2D eigenvalue weighted by Gasteiger charge is -2.40. The quantitative estimate of drug-likeness (QED) is 0.459. The summed E-state index contributed by atoms with van der Waals surface area (Å²) in [5.41, 5.74) is 2.47. The zero-order chi connectivity index (χ0) is 27.5. The van der Waals surface area contributed by atoms with Crippen LogP contribution in [0.4, 0.5) is 0 Å². The van der Waals surface area contributed by atoms with Gasteiger partial charge in [-0.3, -0.25) is 9.80 Å². The molecule has 1 fully saturated rings. The third-order valence-electron chi connectivity index (χ3n) is 7.29. The van der Waals surface area contributed by atoms with Crippen LogP contribution in [0, 0.1) is 0 Å². The van der Waals surface area contributed by atoms with Gasteiger partial charge in [0.25, 0.3) is 0 Å². The molecule has 0 amide bonds. The fourth-order valence-corrected chi connectivity index (χ4v) is 4.60. The highest BCUT2D eigenvalue weighted by Crippen LogP contribution is 2.17. The normalized spacial score (nSPS) is 21.1. The molecule has 0 bridgehead atoms. The molecule has 1 aliphatic rings. The van der Waals surface area contributed by atoms with E-state index in [1.54, 1.807) is 0 Å². The van der Waals surface area contributed by atoms with E-state index in [9.17, 15) is 0 Å².